The van der Waals surface area contributed by atoms with Gasteiger partial charge < -0.3 is 10.6 Å². The number of hydrogen-bond donors (Lipinski definition) is 2. The average molecular weight is 396 g/mol. The van der Waals surface area contributed by atoms with Gasteiger partial charge in [-0.2, -0.15) is 0 Å². The summed E-state index contributed by atoms with van der Waals surface area (Å²) in [6, 6.07) is 15.1. The van der Waals surface area contributed by atoms with Crippen LogP contribution in [-0.4, -0.2) is 6.54 Å². The van der Waals surface area contributed by atoms with Crippen molar-refractivity contribution in [1.82, 2.24) is 5.32 Å². The molecule has 2 aromatic carbocycles. The molecule has 4 heteroatoms. The van der Waals surface area contributed by atoms with Crippen LogP contribution >= 0.6 is 31.9 Å². The maximum Gasteiger partial charge on any atom is 0.0633 e. The summed E-state index contributed by atoms with van der Waals surface area (Å²) in [6.45, 7) is 1.97. The SMILES string of the molecule is Brc1cccc(Br)c1NC1CCNCc2ccccc21. The third-order valence-corrected chi connectivity index (χ3v) is 4.96. The lowest BCUT2D eigenvalue weighted by Gasteiger charge is -2.22. The molecule has 0 fully saturated rings. The summed E-state index contributed by atoms with van der Waals surface area (Å²) < 4.78 is 2.17. The second kappa shape index (κ2) is 6.29. The Kier molecular flexibility index (Phi) is 4.44. The first-order valence-electron chi connectivity index (χ1n) is 6.75. The molecule has 0 aromatic heterocycles. The van der Waals surface area contributed by atoms with Gasteiger partial charge in [-0.3, -0.25) is 0 Å². The van der Waals surface area contributed by atoms with Crippen molar-refractivity contribution in [3.63, 3.8) is 0 Å². The molecule has 3 rings (SSSR count). The number of anilines is 1. The number of benzene rings is 2. The van der Waals surface area contributed by atoms with Crippen molar-refractivity contribution in [2.24, 2.45) is 0 Å². The Morgan fingerprint density at radius 1 is 1.00 bits per heavy atom. The van der Waals surface area contributed by atoms with Crippen LogP contribution in [0.1, 0.15) is 23.6 Å². The van der Waals surface area contributed by atoms with E-state index >= 15 is 0 Å². The van der Waals surface area contributed by atoms with Gasteiger partial charge in [-0.25, -0.2) is 0 Å². The molecule has 0 saturated carbocycles. The summed E-state index contributed by atoms with van der Waals surface area (Å²) in [4.78, 5) is 0. The minimum Gasteiger partial charge on any atom is -0.376 e. The average Bonchev–Trinajstić information content (AvgIpc) is 2.66. The van der Waals surface area contributed by atoms with E-state index in [-0.39, 0.29) is 0 Å². The van der Waals surface area contributed by atoms with Crippen LogP contribution in [0.2, 0.25) is 0 Å². The predicted octanol–water partition coefficient (Wildman–Crippen LogP) is 4.86. The number of halogens is 2. The van der Waals surface area contributed by atoms with Crippen LogP contribution < -0.4 is 10.6 Å². The first-order chi connectivity index (χ1) is 9.75. The van der Waals surface area contributed by atoms with Crippen molar-refractivity contribution < 1.29 is 0 Å². The third-order valence-electron chi connectivity index (χ3n) is 3.64. The van der Waals surface area contributed by atoms with E-state index in [0.717, 1.165) is 34.1 Å². The number of rotatable bonds is 2. The lowest BCUT2D eigenvalue weighted by Crippen LogP contribution is -2.15. The number of fused-ring (bicyclic) bond motifs is 1. The van der Waals surface area contributed by atoms with Gasteiger partial charge in [-0.05, 0) is 68.1 Å². The molecule has 2 nitrogen and oxygen atoms in total. The smallest absolute Gasteiger partial charge is 0.0633 e. The van der Waals surface area contributed by atoms with Gasteiger partial charge in [0, 0.05) is 15.5 Å². The largest absolute Gasteiger partial charge is 0.376 e. The van der Waals surface area contributed by atoms with E-state index in [9.17, 15) is 0 Å². The molecule has 0 radical (unpaired) electrons. The van der Waals surface area contributed by atoms with Crippen LogP contribution in [-0.2, 0) is 6.54 Å². The molecular formula is C16H16Br2N2. The molecule has 1 heterocycles. The molecule has 0 amide bonds. The fourth-order valence-electron chi connectivity index (χ4n) is 2.62. The van der Waals surface area contributed by atoms with Gasteiger partial charge in [-0.1, -0.05) is 30.3 Å². The summed E-state index contributed by atoms with van der Waals surface area (Å²) in [5, 5.41) is 7.16. The zero-order valence-corrected chi connectivity index (χ0v) is 14.2. The van der Waals surface area contributed by atoms with Crippen LogP contribution in [0, 0.1) is 0 Å². The van der Waals surface area contributed by atoms with Crippen LogP contribution in [0.5, 0.6) is 0 Å². The maximum absolute atomic E-state index is 3.68. The van der Waals surface area contributed by atoms with Crippen molar-refractivity contribution in [1.29, 1.82) is 0 Å². The minimum atomic E-state index is 0.330. The van der Waals surface area contributed by atoms with Crippen molar-refractivity contribution in [2.45, 2.75) is 19.0 Å². The molecule has 2 N–H and O–H groups in total. The molecule has 1 unspecified atom stereocenters. The fourth-order valence-corrected chi connectivity index (χ4v) is 3.85. The Morgan fingerprint density at radius 3 is 2.55 bits per heavy atom. The van der Waals surface area contributed by atoms with Crippen LogP contribution in [0.3, 0.4) is 0 Å². The molecule has 0 spiro atoms. The molecule has 0 saturated heterocycles. The second-order valence-electron chi connectivity index (χ2n) is 4.96. The summed E-state index contributed by atoms with van der Waals surface area (Å²) in [5.41, 5.74) is 3.89. The van der Waals surface area contributed by atoms with Gasteiger partial charge >= 0.3 is 0 Å². The molecule has 20 heavy (non-hydrogen) atoms. The maximum atomic E-state index is 3.68. The topological polar surface area (TPSA) is 24.1 Å². The Bertz CT molecular complexity index is 593. The summed E-state index contributed by atoms with van der Waals surface area (Å²) in [5.74, 6) is 0. The third kappa shape index (κ3) is 2.92. The van der Waals surface area contributed by atoms with E-state index in [4.69, 9.17) is 0 Å². The van der Waals surface area contributed by atoms with Gasteiger partial charge in [0.15, 0.2) is 0 Å². The summed E-state index contributed by atoms with van der Waals surface area (Å²) in [6.07, 6.45) is 1.07. The monoisotopic (exact) mass is 394 g/mol. The molecular weight excluding hydrogens is 380 g/mol. The lowest BCUT2D eigenvalue weighted by molar-refractivity contribution is 0.637. The quantitative estimate of drug-likeness (QED) is 0.758. The first kappa shape index (κ1) is 14.1. The minimum absolute atomic E-state index is 0.330. The normalized spacial score (nSPS) is 18.2. The Morgan fingerprint density at radius 2 is 1.75 bits per heavy atom. The Balaban J connectivity index is 1.94. The lowest BCUT2D eigenvalue weighted by atomic mass is 9.99. The first-order valence-corrected chi connectivity index (χ1v) is 8.33. The summed E-state index contributed by atoms with van der Waals surface area (Å²) in [7, 11) is 0. The van der Waals surface area contributed by atoms with E-state index in [1.165, 1.54) is 11.1 Å². The highest BCUT2D eigenvalue weighted by atomic mass is 79.9. The van der Waals surface area contributed by atoms with E-state index < -0.39 is 0 Å². The number of para-hydroxylation sites is 1. The standard InChI is InChI=1S/C16H16Br2N2/c17-13-6-3-7-14(18)16(13)20-15-8-9-19-10-11-4-1-2-5-12(11)15/h1-7,15,19-20H,8-10H2. The van der Waals surface area contributed by atoms with Gasteiger partial charge in [0.05, 0.1) is 11.7 Å². The Hall–Kier alpha value is -0.840. The van der Waals surface area contributed by atoms with E-state index in [2.05, 4.69) is 78.9 Å². The fraction of sp³-hybridized carbons (Fsp3) is 0.250. The highest BCUT2D eigenvalue weighted by molar-refractivity contribution is 9.11. The summed E-state index contributed by atoms with van der Waals surface area (Å²) >= 11 is 7.25. The van der Waals surface area contributed by atoms with Gasteiger partial charge in [0.1, 0.15) is 0 Å². The Labute approximate surface area is 136 Å². The molecule has 0 aliphatic carbocycles. The highest BCUT2D eigenvalue weighted by Crippen LogP contribution is 2.35. The van der Waals surface area contributed by atoms with Gasteiger partial charge in [-0.15, -0.1) is 0 Å². The van der Waals surface area contributed by atoms with E-state index in [0.29, 0.717) is 6.04 Å². The zero-order chi connectivity index (χ0) is 13.9. The molecule has 1 aliphatic heterocycles. The zero-order valence-electron chi connectivity index (χ0n) is 11.0. The van der Waals surface area contributed by atoms with Crippen molar-refractivity contribution in [3.05, 3.63) is 62.5 Å². The van der Waals surface area contributed by atoms with Gasteiger partial charge in [0.25, 0.3) is 0 Å². The molecule has 1 aliphatic rings. The number of hydrogen-bond acceptors (Lipinski definition) is 2. The van der Waals surface area contributed by atoms with Crippen molar-refractivity contribution in [3.8, 4) is 0 Å². The predicted molar refractivity (Wildman–Crippen MR) is 91.0 cm³/mol. The van der Waals surface area contributed by atoms with Crippen molar-refractivity contribution >= 4 is 37.5 Å². The second-order valence-corrected chi connectivity index (χ2v) is 6.67. The van der Waals surface area contributed by atoms with E-state index in [1.807, 2.05) is 6.07 Å². The van der Waals surface area contributed by atoms with E-state index in [1.54, 1.807) is 0 Å². The van der Waals surface area contributed by atoms with Crippen molar-refractivity contribution in [2.75, 3.05) is 11.9 Å². The molecule has 0 bridgehead atoms. The molecule has 1 atom stereocenters. The molecule has 104 valence electrons. The van der Waals surface area contributed by atoms with Crippen LogP contribution in [0.15, 0.2) is 51.4 Å². The van der Waals surface area contributed by atoms with Crippen LogP contribution in [0.25, 0.3) is 0 Å². The highest BCUT2D eigenvalue weighted by Gasteiger charge is 2.19. The number of nitrogens with one attached hydrogen (secondary N) is 2. The molecule has 2 aromatic rings. The van der Waals surface area contributed by atoms with Gasteiger partial charge in [0.2, 0.25) is 0 Å². The van der Waals surface area contributed by atoms with Crippen LogP contribution in [0.4, 0.5) is 5.69 Å².